The van der Waals surface area contributed by atoms with Crippen molar-refractivity contribution in [1.82, 2.24) is 19.9 Å². The molecule has 0 bridgehead atoms. The molecular formula is C20H21F2N7O2. The lowest BCUT2D eigenvalue weighted by molar-refractivity contribution is -0.134. The number of aromatic nitrogens is 2. The van der Waals surface area contributed by atoms with Gasteiger partial charge in [0, 0.05) is 50.9 Å². The molecule has 0 radical (unpaired) electrons. The van der Waals surface area contributed by atoms with Crippen molar-refractivity contribution in [2.45, 2.75) is 12.5 Å². The van der Waals surface area contributed by atoms with Crippen molar-refractivity contribution < 1.29 is 18.4 Å². The van der Waals surface area contributed by atoms with Crippen molar-refractivity contribution in [3.05, 3.63) is 53.5 Å². The lowest BCUT2D eigenvalue weighted by atomic mass is 10.0. The standard InChI is InChI=1S/C20H21F2N7O2/c21-14-7-13(8-15(22)9-14)17-1-2-26-29(17)19(30)11-27-3-5-28(6-4-27)18-10-16(20(23)31)24-12-25-18/h2,7-10,12,17H,1,3-6,11H2,(H2,23,31)/t17-/m0/s1. The molecule has 1 saturated heterocycles. The van der Waals surface area contributed by atoms with E-state index in [2.05, 4.69) is 15.1 Å². The molecule has 2 aliphatic heterocycles. The molecule has 3 heterocycles. The Labute approximate surface area is 177 Å². The summed E-state index contributed by atoms with van der Waals surface area (Å²) in [7, 11) is 0. The van der Waals surface area contributed by atoms with Gasteiger partial charge in [0.15, 0.2) is 0 Å². The number of nitrogens with zero attached hydrogens (tertiary/aromatic N) is 6. The highest BCUT2D eigenvalue weighted by Gasteiger charge is 2.31. The van der Waals surface area contributed by atoms with Gasteiger partial charge in [-0.1, -0.05) is 0 Å². The van der Waals surface area contributed by atoms with Gasteiger partial charge in [-0.2, -0.15) is 5.10 Å². The molecule has 0 unspecified atom stereocenters. The van der Waals surface area contributed by atoms with Crippen LogP contribution in [0.15, 0.2) is 35.7 Å². The third kappa shape index (κ3) is 4.66. The molecular weight excluding hydrogens is 408 g/mol. The molecule has 1 atom stereocenters. The van der Waals surface area contributed by atoms with Gasteiger partial charge in [-0.3, -0.25) is 14.5 Å². The van der Waals surface area contributed by atoms with Gasteiger partial charge in [0.05, 0.1) is 12.6 Å². The predicted molar refractivity (Wildman–Crippen MR) is 108 cm³/mol. The largest absolute Gasteiger partial charge is 0.364 e. The van der Waals surface area contributed by atoms with Crippen molar-refractivity contribution >= 4 is 23.8 Å². The fraction of sp³-hybridized carbons (Fsp3) is 0.350. The molecule has 2 amide bonds. The van der Waals surface area contributed by atoms with Crippen LogP contribution in [0.25, 0.3) is 0 Å². The van der Waals surface area contributed by atoms with E-state index in [0.29, 0.717) is 44.0 Å². The van der Waals surface area contributed by atoms with Crippen LogP contribution in [0.2, 0.25) is 0 Å². The van der Waals surface area contributed by atoms with Crippen LogP contribution < -0.4 is 10.6 Å². The molecule has 0 saturated carbocycles. The van der Waals surface area contributed by atoms with E-state index in [1.54, 1.807) is 12.3 Å². The average Bonchev–Trinajstić information content (AvgIpc) is 3.24. The summed E-state index contributed by atoms with van der Waals surface area (Å²) in [5.74, 6) is -1.63. The van der Waals surface area contributed by atoms with E-state index in [4.69, 9.17) is 5.73 Å². The average molecular weight is 429 g/mol. The molecule has 0 spiro atoms. The van der Waals surface area contributed by atoms with Crippen molar-refractivity contribution in [2.24, 2.45) is 10.8 Å². The summed E-state index contributed by atoms with van der Waals surface area (Å²) in [5, 5.41) is 5.42. The number of primary amides is 1. The topological polar surface area (TPSA) is 108 Å². The zero-order chi connectivity index (χ0) is 22.0. The first-order valence-corrected chi connectivity index (χ1v) is 9.80. The number of halogens is 2. The summed E-state index contributed by atoms with van der Waals surface area (Å²) in [6, 6.07) is 4.28. The Morgan fingerprint density at radius 1 is 1.03 bits per heavy atom. The maximum atomic E-state index is 13.6. The minimum absolute atomic E-state index is 0.135. The zero-order valence-electron chi connectivity index (χ0n) is 16.6. The number of hydrogen-bond acceptors (Lipinski definition) is 7. The minimum atomic E-state index is -0.686. The van der Waals surface area contributed by atoms with Crippen LogP contribution in [0.1, 0.15) is 28.5 Å². The van der Waals surface area contributed by atoms with E-state index in [1.807, 2.05) is 9.80 Å². The molecule has 9 nitrogen and oxygen atoms in total. The van der Waals surface area contributed by atoms with Gasteiger partial charge >= 0.3 is 0 Å². The number of anilines is 1. The lowest BCUT2D eigenvalue weighted by Gasteiger charge is -2.35. The number of benzene rings is 1. The molecule has 1 aromatic heterocycles. The predicted octanol–water partition coefficient (Wildman–Crippen LogP) is 0.935. The van der Waals surface area contributed by atoms with Gasteiger partial charge in [0.1, 0.15) is 29.5 Å². The molecule has 162 valence electrons. The van der Waals surface area contributed by atoms with Crippen molar-refractivity contribution in [3.63, 3.8) is 0 Å². The van der Waals surface area contributed by atoms with Gasteiger partial charge in [-0.05, 0) is 17.7 Å². The van der Waals surface area contributed by atoms with E-state index in [1.165, 1.54) is 23.5 Å². The molecule has 11 heteroatoms. The maximum Gasteiger partial charge on any atom is 0.267 e. The van der Waals surface area contributed by atoms with Crippen molar-refractivity contribution in [2.75, 3.05) is 37.6 Å². The Morgan fingerprint density at radius 2 is 1.74 bits per heavy atom. The van der Waals surface area contributed by atoms with Gasteiger partial charge < -0.3 is 10.6 Å². The van der Waals surface area contributed by atoms with Crippen LogP contribution in [0.5, 0.6) is 0 Å². The number of amides is 2. The normalized spacial score (nSPS) is 19.1. The monoisotopic (exact) mass is 429 g/mol. The number of piperazine rings is 1. The third-order valence-electron chi connectivity index (χ3n) is 5.32. The molecule has 2 N–H and O–H groups in total. The van der Waals surface area contributed by atoms with Crippen molar-refractivity contribution in [1.29, 1.82) is 0 Å². The van der Waals surface area contributed by atoms with E-state index >= 15 is 0 Å². The summed E-state index contributed by atoms with van der Waals surface area (Å²) >= 11 is 0. The van der Waals surface area contributed by atoms with Gasteiger partial charge in [0.25, 0.3) is 11.8 Å². The first kappa shape index (κ1) is 20.8. The highest BCUT2D eigenvalue weighted by molar-refractivity contribution is 5.91. The Balaban J connectivity index is 1.36. The highest BCUT2D eigenvalue weighted by atomic mass is 19.1. The first-order valence-electron chi connectivity index (χ1n) is 9.80. The van der Waals surface area contributed by atoms with E-state index in [9.17, 15) is 18.4 Å². The Morgan fingerprint density at radius 3 is 2.42 bits per heavy atom. The Kier molecular flexibility index (Phi) is 5.85. The third-order valence-corrected chi connectivity index (χ3v) is 5.32. The highest BCUT2D eigenvalue weighted by Crippen LogP contribution is 2.29. The van der Waals surface area contributed by atoms with Crippen LogP contribution in [0.3, 0.4) is 0 Å². The Hall–Kier alpha value is -3.47. The smallest absolute Gasteiger partial charge is 0.267 e. The van der Waals surface area contributed by atoms with Crippen LogP contribution in [0, 0.1) is 11.6 Å². The zero-order valence-corrected chi connectivity index (χ0v) is 16.6. The van der Waals surface area contributed by atoms with Gasteiger partial charge in [0.2, 0.25) is 0 Å². The molecule has 1 fully saturated rings. The summed E-state index contributed by atoms with van der Waals surface area (Å²) in [4.78, 5) is 36.1. The van der Waals surface area contributed by atoms with Gasteiger partial charge in [-0.25, -0.2) is 23.8 Å². The van der Waals surface area contributed by atoms with E-state index < -0.39 is 23.6 Å². The maximum absolute atomic E-state index is 13.6. The second-order valence-electron chi connectivity index (χ2n) is 7.38. The fourth-order valence-electron chi connectivity index (χ4n) is 3.75. The number of hydrazone groups is 1. The second kappa shape index (κ2) is 8.72. The van der Waals surface area contributed by atoms with E-state index in [-0.39, 0.29) is 18.1 Å². The molecule has 4 rings (SSSR count). The summed E-state index contributed by atoms with van der Waals surface area (Å²) in [6.07, 6.45) is 3.28. The number of carbonyl (C=O) groups is 2. The van der Waals surface area contributed by atoms with Gasteiger partial charge in [-0.15, -0.1) is 0 Å². The summed E-state index contributed by atoms with van der Waals surface area (Å²) in [6.45, 7) is 2.53. The second-order valence-corrected chi connectivity index (χ2v) is 7.38. The van der Waals surface area contributed by atoms with Crippen LogP contribution >= 0.6 is 0 Å². The molecule has 1 aromatic carbocycles. The fourth-order valence-corrected chi connectivity index (χ4v) is 3.75. The van der Waals surface area contributed by atoms with Crippen LogP contribution in [0.4, 0.5) is 14.6 Å². The quantitative estimate of drug-likeness (QED) is 0.758. The van der Waals surface area contributed by atoms with Crippen LogP contribution in [-0.2, 0) is 4.79 Å². The molecule has 0 aliphatic carbocycles. The SMILES string of the molecule is NC(=O)c1cc(N2CCN(CC(=O)N3N=CC[C@H]3c3cc(F)cc(F)c3)CC2)ncn1. The summed E-state index contributed by atoms with van der Waals surface area (Å²) < 4.78 is 27.2. The minimum Gasteiger partial charge on any atom is -0.364 e. The lowest BCUT2D eigenvalue weighted by Crippen LogP contribution is -2.49. The molecule has 2 aromatic rings. The van der Waals surface area contributed by atoms with Crippen molar-refractivity contribution in [3.8, 4) is 0 Å². The summed E-state index contributed by atoms with van der Waals surface area (Å²) in [5.41, 5.74) is 5.79. The number of hydrogen-bond donors (Lipinski definition) is 1. The number of rotatable bonds is 5. The number of carbonyl (C=O) groups excluding carboxylic acids is 2. The number of nitrogens with two attached hydrogens (primary N) is 1. The first-order chi connectivity index (χ1) is 14.9. The Bertz CT molecular complexity index is 1000. The molecule has 2 aliphatic rings. The van der Waals surface area contributed by atoms with E-state index in [0.717, 1.165) is 6.07 Å². The molecule has 31 heavy (non-hydrogen) atoms. The van der Waals surface area contributed by atoms with Crippen LogP contribution in [-0.4, -0.2) is 70.6 Å².